The van der Waals surface area contributed by atoms with Gasteiger partial charge in [0.2, 0.25) is 0 Å². The van der Waals surface area contributed by atoms with Crippen LogP contribution in [0.1, 0.15) is 31.7 Å². The highest BCUT2D eigenvalue weighted by atomic mass is 79.9. The van der Waals surface area contributed by atoms with Gasteiger partial charge < -0.3 is 24.6 Å². The third-order valence-electron chi connectivity index (χ3n) is 7.33. The van der Waals surface area contributed by atoms with Crippen LogP contribution in [0, 0.1) is 11.8 Å². The molecule has 0 radical (unpaired) electrons. The predicted octanol–water partition coefficient (Wildman–Crippen LogP) is 3.26. The van der Waals surface area contributed by atoms with Crippen molar-refractivity contribution in [3.05, 3.63) is 34.0 Å². The Morgan fingerprint density at radius 1 is 1.39 bits per heavy atom. The van der Waals surface area contributed by atoms with Crippen LogP contribution in [0.25, 0.3) is 0 Å². The van der Waals surface area contributed by atoms with Gasteiger partial charge in [-0.25, -0.2) is 4.79 Å². The van der Waals surface area contributed by atoms with Gasteiger partial charge in [-0.05, 0) is 52.7 Å². The quantitative estimate of drug-likeness (QED) is 0.369. The van der Waals surface area contributed by atoms with E-state index < -0.39 is 5.60 Å². The number of hydrogen-bond acceptors (Lipinski definition) is 7. The number of carbonyl (C=O) groups is 1. The number of halogens is 1. The molecule has 170 valence electrons. The highest BCUT2D eigenvalue weighted by molar-refractivity contribution is 9.10. The number of methoxy groups -OCH3 is 3. The second-order valence-corrected chi connectivity index (χ2v) is 9.53. The van der Waals surface area contributed by atoms with E-state index in [0.717, 1.165) is 41.7 Å². The van der Waals surface area contributed by atoms with Crippen LogP contribution in [0.5, 0.6) is 5.75 Å². The standard InChI is InChI=1S/C23H31BrN2O5/c1-5-13-11-26-9-8-23(28)19-17(7-6-16(24)20(19)30-3)25-21(23)18(26)10-14(13)15(12-29-2)22(27)31-4/h6-7,12-14,18,21,25,28H,5,8-11H2,1-4H3/b15-12+/t13-,14+,18+,21-,23+/m1/s1. The van der Waals surface area contributed by atoms with Crippen LogP contribution >= 0.6 is 15.9 Å². The maximum Gasteiger partial charge on any atom is 0.337 e. The molecule has 3 aliphatic rings. The minimum Gasteiger partial charge on any atom is -0.504 e. The van der Waals surface area contributed by atoms with Crippen LogP contribution in [0.3, 0.4) is 0 Å². The summed E-state index contributed by atoms with van der Waals surface area (Å²) in [5.74, 6) is 0.644. The van der Waals surface area contributed by atoms with Gasteiger partial charge in [0.15, 0.2) is 0 Å². The van der Waals surface area contributed by atoms with Gasteiger partial charge in [-0.1, -0.05) is 13.3 Å². The molecule has 3 heterocycles. The first-order valence-corrected chi connectivity index (χ1v) is 11.6. The minimum atomic E-state index is -1.04. The maximum atomic E-state index is 12.5. The summed E-state index contributed by atoms with van der Waals surface area (Å²) in [6.07, 6.45) is 3.84. The zero-order valence-electron chi connectivity index (χ0n) is 18.5. The zero-order valence-corrected chi connectivity index (χ0v) is 20.1. The Kier molecular flexibility index (Phi) is 6.25. The van der Waals surface area contributed by atoms with E-state index in [9.17, 15) is 9.90 Å². The van der Waals surface area contributed by atoms with Gasteiger partial charge in [-0.2, -0.15) is 0 Å². The highest BCUT2D eigenvalue weighted by Crippen LogP contribution is 2.54. The van der Waals surface area contributed by atoms with Crippen molar-refractivity contribution in [2.45, 2.75) is 43.9 Å². The lowest BCUT2D eigenvalue weighted by Gasteiger charge is -2.53. The second kappa shape index (κ2) is 8.64. The van der Waals surface area contributed by atoms with Crippen LogP contribution in [0.4, 0.5) is 5.69 Å². The Bertz CT molecular complexity index is 891. The first-order valence-electron chi connectivity index (χ1n) is 10.8. The molecule has 1 aromatic rings. The van der Waals surface area contributed by atoms with Crippen molar-refractivity contribution in [1.29, 1.82) is 0 Å². The summed E-state index contributed by atoms with van der Waals surface area (Å²) in [5, 5.41) is 15.5. The Labute approximate surface area is 191 Å². The van der Waals surface area contributed by atoms with Crippen LogP contribution in [0.2, 0.25) is 0 Å². The fraction of sp³-hybridized carbons (Fsp3) is 0.609. The molecule has 0 aliphatic carbocycles. The van der Waals surface area contributed by atoms with E-state index in [4.69, 9.17) is 14.2 Å². The number of ether oxygens (including phenoxy) is 3. The second-order valence-electron chi connectivity index (χ2n) is 8.67. The van der Waals surface area contributed by atoms with Crippen LogP contribution in [-0.2, 0) is 19.9 Å². The average molecular weight is 495 g/mol. The van der Waals surface area contributed by atoms with Crippen LogP contribution in [0.15, 0.2) is 28.4 Å². The number of piperidine rings is 2. The molecule has 4 rings (SSSR count). The van der Waals surface area contributed by atoms with E-state index in [0.29, 0.717) is 23.7 Å². The van der Waals surface area contributed by atoms with E-state index in [1.165, 1.54) is 13.4 Å². The summed E-state index contributed by atoms with van der Waals surface area (Å²) in [6.45, 7) is 3.82. The van der Waals surface area contributed by atoms with E-state index in [2.05, 4.69) is 33.1 Å². The van der Waals surface area contributed by atoms with Crippen molar-refractivity contribution in [3.8, 4) is 5.75 Å². The number of carbonyl (C=O) groups excluding carboxylic acids is 1. The maximum absolute atomic E-state index is 12.5. The predicted molar refractivity (Wildman–Crippen MR) is 121 cm³/mol. The molecule has 0 amide bonds. The minimum absolute atomic E-state index is 0.000133. The number of rotatable bonds is 5. The summed E-state index contributed by atoms with van der Waals surface area (Å²) >= 11 is 3.56. The summed E-state index contributed by atoms with van der Waals surface area (Å²) in [6, 6.07) is 3.80. The van der Waals surface area contributed by atoms with Gasteiger partial charge in [-0.15, -0.1) is 0 Å². The third-order valence-corrected chi connectivity index (χ3v) is 7.95. The van der Waals surface area contributed by atoms with Gasteiger partial charge in [0.05, 0.1) is 49.2 Å². The normalized spacial score (nSPS) is 32.4. The Balaban J connectivity index is 1.71. The molecule has 0 spiro atoms. The lowest BCUT2D eigenvalue weighted by molar-refractivity contribution is -0.138. The number of fused-ring (bicyclic) bond motifs is 5. The highest BCUT2D eigenvalue weighted by Gasteiger charge is 2.57. The molecule has 0 bridgehead atoms. The van der Waals surface area contributed by atoms with Crippen molar-refractivity contribution in [1.82, 2.24) is 4.90 Å². The number of nitrogens with zero attached hydrogens (tertiary/aromatic N) is 1. The molecule has 2 saturated heterocycles. The SMILES string of the molecule is CC[C@@H]1CN2CC[C@]3(O)c4c(ccc(Br)c4OC)N[C@@H]3[C@@H]2C[C@@H]1/C(=C\OC)C(=O)OC. The third kappa shape index (κ3) is 3.52. The van der Waals surface area contributed by atoms with Gasteiger partial charge in [0.25, 0.3) is 0 Å². The molecule has 3 aliphatic heterocycles. The Morgan fingerprint density at radius 3 is 2.81 bits per heavy atom. The first-order chi connectivity index (χ1) is 14.9. The number of aliphatic hydroxyl groups is 1. The zero-order chi connectivity index (χ0) is 22.3. The molecule has 8 heteroatoms. The summed E-state index contributed by atoms with van der Waals surface area (Å²) < 4.78 is 16.8. The number of hydrogen-bond donors (Lipinski definition) is 2. The lowest BCUT2D eigenvalue weighted by atomic mass is 9.69. The molecule has 1 aromatic carbocycles. The van der Waals surface area contributed by atoms with Crippen molar-refractivity contribution in [2.24, 2.45) is 11.8 Å². The fourth-order valence-corrected chi connectivity index (χ4v) is 6.35. The Hall–Kier alpha value is -1.77. The van der Waals surface area contributed by atoms with Gasteiger partial charge >= 0.3 is 5.97 Å². The van der Waals surface area contributed by atoms with Crippen molar-refractivity contribution in [2.75, 3.05) is 39.7 Å². The molecule has 0 aromatic heterocycles. The molecule has 0 saturated carbocycles. The van der Waals surface area contributed by atoms with Gasteiger partial charge in [0, 0.05) is 24.8 Å². The smallest absolute Gasteiger partial charge is 0.337 e. The van der Waals surface area contributed by atoms with Crippen LogP contribution < -0.4 is 10.1 Å². The van der Waals surface area contributed by atoms with Crippen molar-refractivity contribution < 1.29 is 24.1 Å². The number of anilines is 1. The number of nitrogens with one attached hydrogen (secondary N) is 1. The van der Waals surface area contributed by atoms with Crippen LogP contribution in [-0.4, -0.2) is 62.5 Å². The van der Waals surface area contributed by atoms with E-state index >= 15 is 0 Å². The monoisotopic (exact) mass is 494 g/mol. The van der Waals surface area contributed by atoms with E-state index in [-0.39, 0.29) is 24.0 Å². The van der Waals surface area contributed by atoms with E-state index in [1.807, 2.05) is 12.1 Å². The molecular formula is C23H31BrN2O5. The topological polar surface area (TPSA) is 80.3 Å². The molecule has 0 unspecified atom stereocenters. The number of esters is 1. The molecule has 2 fully saturated rings. The van der Waals surface area contributed by atoms with Crippen molar-refractivity contribution >= 4 is 27.6 Å². The average Bonchev–Trinajstić information content (AvgIpc) is 3.09. The summed E-state index contributed by atoms with van der Waals surface area (Å²) in [7, 11) is 4.59. The molecular weight excluding hydrogens is 464 g/mol. The molecule has 31 heavy (non-hydrogen) atoms. The molecule has 5 atom stereocenters. The summed E-state index contributed by atoms with van der Waals surface area (Å²) in [5.41, 5.74) is 1.26. The Morgan fingerprint density at radius 2 is 2.16 bits per heavy atom. The molecule has 2 N–H and O–H groups in total. The van der Waals surface area contributed by atoms with E-state index in [1.54, 1.807) is 14.2 Å². The number of benzene rings is 1. The van der Waals surface area contributed by atoms with Gasteiger partial charge in [0.1, 0.15) is 11.4 Å². The fourth-order valence-electron chi connectivity index (χ4n) is 5.85. The van der Waals surface area contributed by atoms with Gasteiger partial charge in [-0.3, -0.25) is 4.90 Å². The lowest BCUT2D eigenvalue weighted by Crippen LogP contribution is -2.64. The van der Waals surface area contributed by atoms with Crippen molar-refractivity contribution in [3.63, 3.8) is 0 Å². The first kappa shape index (κ1) is 22.4. The summed E-state index contributed by atoms with van der Waals surface area (Å²) in [4.78, 5) is 15.0. The molecule has 7 nitrogen and oxygen atoms in total. The largest absolute Gasteiger partial charge is 0.504 e.